The van der Waals surface area contributed by atoms with Crippen molar-refractivity contribution in [3.05, 3.63) is 35.6 Å². The molecule has 1 aromatic rings. The molecular weight excluding hydrogens is 412 g/mol. The van der Waals surface area contributed by atoms with Crippen LogP contribution in [0.1, 0.15) is 19.4 Å². The van der Waals surface area contributed by atoms with E-state index in [2.05, 4.69) is 20.4 Å². The number of ether oxygens (including phenoxy) is 1. The van der Waals surface area contributed by atoms with E-state index in [9.17, 15) is 9.18 Å². The van der Waals surface area contributed by atoms with Crippen molar-refractivity contribution in [3.63, 3.8) is 0 Å². The molecule has 1 aromatic carbocycles. The molecule has 0 saturated carbocycles. The maximum atomic E-state index is 12.8. The van der Waals surface area contributed by atoms with E-state index >= 15 is 0 Å². The molecule has 5 nitrogen and oxygen atoms in total. The van der Waals surface area contributed by atoms with Gasteiger partial charge in [-0.05, 0) is 31.0 Å². The van der Waals surface area contributed by atoms with Crippen LogP contribution in [-0.2, 0) is 16.0 Å². The van der Waals surface area contributed by atoms with Gasteiger partial charge in [-0.15, -0.1) is 24.0 Å². The summed E-state index contributed by atoms with van der Waals surface area (Å²) >= 11 is 0. The molecule has 0 aliphatic heterocycles. The second-order valence-corrected chi connectivity index (χ2v) is 4.95. The van der Waals surface area contributed by atoms with E-state index in [1.165, 1.54) is 19.2 Å². The van der Waals surface area contributed by atoms with E-state index in [4.69, 9.17) is 0 Å². The third kappa shape index (κ3) is 8.73. The van der Waals surface area contributed by atoms with E-state index in [0.717, 1.165) is 18.5 Å². The van der Waals surface area contributed by atoms with Gasteiger partial charge in [0, 0.05) is 13.1 Å². The highest BCUT2D eigenvalue weighted by atomic mass is 127. The standard InChI is InChI=1S/C16H24FN3O2.HI/c1-4-18-16(20-11-12(2)15(21)22-3)19-10-9-13-5-7-14(17)8-6-13;/h5-8,12H,4,9-11H2,1-3H3,(H2,18,19,20);1H. The molecule has 0 fully saturated rings. The predicted octanol–water partition coefficient (Wildman–Crippen LogP) is 2.35. The van der Waals surface area contributed by atoms with Gasteiger partial charge in [0.15, 0.2) is 5.96 Å². The first-order valence-electron chi connectivity index (χ1n) is 7.41. The minimum absolute atomic E-state index is 0. The van der Waals surface area contributed by atoms with E-state index in [1.54, 1.807) is 19.1 Å². The lowest BCUT2D eigenvalue weighted by Crippen LogP contribution is -2.38. The van der Waals surface area contributed by atoms with Gasteiger partial charge in [0.2, 0.25) is 0 Å². The molecule has 2 N–H and O–H groups in total. The molecule has 0 heterocycles. The van der Waals surface area contributed by atoms with Crippen LogP contribution in [0.25, 0.3) is 0 Å². The zero-order valence-corrected chi connectivity index (χ0v) is 16.1. The molecule has 0 aliphatic rings. The quantitative estimate of drug-likeness (QED) is 0.298. The first-order chi connectivity index (χ1) is 10.6. The van der Waals surface area contributed by atoms with Crippen molar-refractivity contribution in [1.29, 1.82) is 0 Å². The molecule has 0 radical (unpaired) electrons. The molecule has 130 valence electrons. The number of nitrogens with zero attached hydrogens (tertiary/aromatic N) is 1. The van der Waals surface area contributed by atoms with Gasteiger partial charge in [0.25, 0.3) is 0 Å². The van der Waals surface area contributed by atoms with Gasteiger partial charge in [-0.25, -0.2) is 4.39 Å². The number of carbonyl (C=O) groups is 1. The first-order valence-corrected chi connectivity index (χ1v) is 7.41. The summed E-state index contributed by atoms with van der Waals surface area (Å²) in [5, 5.41) is 6.31. The molecule has 7 heteroatoms. The van der Waals surface area contributed by atoms with Crippen molar-refractivity contribution in [2.45, 2.75) is 20.3 Å². The molecule has 1 atom stereocenters. The normalized spacial score (nSPS) is 12.1. The van der Waals surface area contributed by atoms with Crippen LogP contribution in [0.15, 0.2) is 29.3 Å². The van der Waals surface area contributed by atoms with E-state index in [1.807, 2.05) is 6.92 Å². The Bertz CT molecular complexity index is 495. The van der Waals surface area contributed by atoms with Crippen molar-refractivity contribution >= 4 is 35.9 Å². The first kappa shape index (κ1) is 21.6. The number of carbonyl (C=O) groups excluding carboxylic acids is 1. The third-order valence-corrected chi connectivity index (χ3v) is 3.09. The predicted molar refractivity (Wildman–Crippen MR) is 101 cm³/mol. The van der Waals surface area contributed by atoms with Gasteiger partial charge in [-0.1, -0.05) is 19.1 Å². The van der Waals surface area contributed by atoms with Crippen molar-refractivity contribution in [1.82, 2.24) is 10.6 Å². The topological polar surface area (TPSA) is 62.7 Å². The molecule has 0 saturated heterocycles. The largest absolute Gasteiger partial charge is 0.469 e. The Hall–Kier alpha value is -1.38. The van der Waals surface area contributed by atoms with Crippen LogP contribution in [0.5, 0.6) is 0 Å². The van der Waals surface area contributed by atoms with Crippen molar-refractivity contribution in [2.24, 2.45) is 10.9 Å². The Morgan fingerprint density at radius 1 is 1.30 bits per heavy atom. The number of hydrogen-bond donors (Lipinski definition) is 2. The van der Waals surface area contributed by atoms with Crippen molar-refractivity contribution in [3.8, 4) is 0 Å². The number of benzene rings is 1. The highest BCUT2D eigenvalue weighted by molar-refractivity contribution is 14.0. The van der Waals surface area contributed by atoms with Gasteiger partial charge in [-0.2, -0.15) is 0 Å². The van der Waals surface area contributed by atoms with E-state index in [0.29, 0.717) is 19.0 Å². The average Bonchev–Trinajstić information content (AvgIpc) is 2.53. The Labute approximate surface area is 154 Å². The van der Waals surface area contributed by atoms with Gasteiger partial charge in [-0.3, -0.25) is 9.79 Å². The monoisotopic (exact) mass is 437 g/mol. The molecule has 0 aromatic heterocycles. The van der Waals surface area contributed by atoms with Crippen LogP contribution >= 0.6 is 24.0 Å². The molecule has 1 unspecified atom stereocenters. The van der Waals surface area contributed by atoms with Gasteiger partial charge < -0.3 is 15.4 Å². The number of guanidine groups is 1. The zero-order chi connectivity index (χ0) is 16.4. The number of methoxy groups -OCH3 is 1. The lowest BCUT2D eigenvalue weighted by Gasteiger charge is -2.12. The molecule has 0 spiro atoms. The molecule has 0 amide bonds. The maximum absolute atomic E-state index is 12.8. The fourth-order valence-electron chi connectivity index (χ4n) is 1.82. The summed E-state index contributed by atoms with van der Waals surface area (Å²) in [6.07, 6.45) is 0.761. The third-order valence-electron chi connectivity index (χ3n) is 3.09. The van der Waals surface area contributed by atoms with E-state index in [-0.39, 0.29) is 41.7 Å². The number of hydrogen-bond acceptors (Lipinski definition) is 3. The molecule has 23 heavy (non-hydrogen) atoms. The smallest absolute Gasteiger partial charge is 0.310 e. The van der Waals surface area contributed by atoms with Crippen LogP contribution in [0.2, 0.25) is 0 Å². The lowest BCUT2D eigenvalue weighted by molar-refractivity contribution is -0.144. The Morgan fingerprint density at radius 2 is 1.96 bits per heavy atom. The summed E-state index contributed by atoms with van der Waals surface area (Å²) in [4.78, 5) is 15.7. The van der Waals surface area contributed by atoms with Crippen LogP contribution < -0.4 is 10.6 Å². The fraction of sp³-hybridized carbons (Fsp3) is 0.500. The number of halogens is 2. The SMILES string of the molecule is CCNC(=NCC(C)C(=O)OC)NCCc1ccc(F)cc1.I. The molecule has 0 aliphatic carbocycles. The van der Waals surface area contributed by atoms with Gasteiger partial charge in [0.1, 0.15) is 5.82 Å². The maximum Gasteiger partial charge on any atom is 0.310 e. The Morgan fingerprint density at radius 3 is 2.52 bits per heavy atom. The Kier molecular flexibility index (Phi) is 11.4. The fourth-order valence-corrected chi connectivity index (χ4v) is 1.82. The second kappa shape index (κ2) is 12.1. The number of aliphatic imine (C=N–C) groups is 1. The summed E-state index contributed by atoms with van der Waals surface area (Å²) in [7, 11) is 1.37. The van der Waals surface area contributed by atoms with Crippen LogP contribution in [0, 0.1) is 11.7 Å². The summed E-state index contributed by atoms with van der Waals surface area (Å²) in [6.45, 7) is 5.51. The van der Waals surface area contributed by atoms with Crippen LogP contribution in [0.3, 0.4) is 0 Å². The number of nitrogens with one attached hydrogen (secondary N) is 2. The highest BCUT2D eigenvalue weighted by Gasteiger charge is 2.12. The average molecular weight is 437 g/mol. The zero-order valence-electron chi connectivity index (χ0n) is 13.8. The summed E-state index contributed by atoms with van der Waals surface area (Å²) in [6, 6.07) is 6.43. The van der Waals surface area contributed by atoms with Crippen LogP contribution in [-0.4, -0.2) is 38.7 Å². The van der Waals surface area contributed by atoms with Crippen LogP contribution in [0.4, 0.5) is 4.39 Å². The van der Waals surface area contributed by atoms with Crippen molar-refractivity contribution in [2.75, 3.05) is 26.7 Å². The minimum atomic E-state index is -0.280. The highest BCUT2D eigenvalue weighted by Crippen LogP contribution is 2.03. The van der Waals surface area contributed by atoms with Crippen molar-refractivity contribution < 1.29 is 13.9 Å². The summed E-state index contributed by atoms with van der Waals surface area (Å²) in [5.41, 5.74) is 1.05. The summed E-state index contributed by atoms with van der Waals surface area (Å²) in [5.74, 6) is -0.132. The number of rotatable bonds is 7. The number of esters is 1. The second-order valence-electron chi connectivity index (χ2n) is 4.95. The Balaban J connectivity index is 0.00000484. The molecular formula is C16H25FIN3O2. The molecule has 1 rings (SSSR count). The van der Waals surface area contributed by atoms with E-state index < -0.39 is 0 Å². The van der Waals surface area contributed by atoms with Gasteiger partial charge in [0.05, 0.1) is 19.6 Å². The summed E-state index contributed by atoms with van der Waals surface area (Å²) < 4.78 is 17.5. The lowest BCUT2D eigenvalue weighted by atomic mass is 10.1. The van der Waals surface area contributed by atoms with Gasteiger partial charge >= 0.3 is 5.97 Å². The molecule has 0 bridgehead atoms. The minimum Gasteiger partial charge on any atom is -0.469 e.